The second-order valence-electron chi connectivity index (χ2n) is 19.6. The van der Waals surface area contributed by atoms with Crippen molar-refractivity contribution in [2.45, 2.75) is 129 Å². The van der Waals surface area contributed by atoms with E-state index < -0.39 is 53.5 Å². The summed E-state index contributed by atoms with van der Waals surface area (Å²) in [5, 5.41) is 31.6. The number of fused-ring (bicyclic) bond motifs is 6. The molecule has 79 heavy (non-hydrogen) atoms. The van der Waals surface area contributed by atoms with E-state index in [2.05, 4.69) is 72.1 Å². The van der Waals surface area contributed by atoms with Crippen LogP contribution >= 0.6 is 0 Å². The van der Waals surface area contributed by atoms with Crippen molar-refractivity contribution in [3.63, 3.8) is 0 Å². The molecule has 23 nitrogen and oxygen atoms in total. The first-order chi connectivity index (χ1) is 37.6. The largest absolute Gasteiger partial charge is 0.740 e. The molecule has 3 aliphatic heterocycles. The third-order valence-electron chi connectivity index (χ3n) is 14.1. The molecule has 0 fully saturated rings. The maximum absolute atomic E-state index is 13.9. The molecule has 0 saturated heterocycles. The number of cyclic esters (lactones) is 1. The maximum Gasteiger partial charge on any atom is 0.343 e. The molecule has 0 spiro atoms. The summed E-state index contributed by atoms with van der Waals surface area (Å²) in [5.41, 5.74) is 1.88. The van der Waals surface area contributed by atoms with Crippen LogP contribution in [0.25, 0.3) is 33.5 Å². The molecule has 5 aromatic rings. The van der Waals surface area contributed by atoms with Crippen molar-refractivity contribution in [1.29, 1.82) is 0 Å². The zero-order valence-corrected chi connectivity index (χ0v) is 47.7. The molecule has 5 N–H and O–H groups in total. The topological polar surface area (TPSA) is 285 Å². The van der Waals surface area contributed by atoms with Crippen molar-refractivity contribution >= 4 is 53.1 Å². The number of nitrogens with one attached hydrogen (secondary N) is 4. The molecule has 8 rings (SSSR count). The van der Waals surface area contributed by atoms with Gasteiger partial charge in [0.05, 0.1) is 41.8 Å². The Kier molecular flexibility index (Phi) is 21.2. The number of nitrogens with zero attached hydrogens (tertiary/aromatic N) is 8. The van der Waals surface area contributed by atoms with Gasteiger partial charge in [0.1, 0.15) is 37.7 Å². The predicted molar refractivity (Wildman–Crippen MR) is 285 cm³/mol. The van der Waals surface area contributed by atoms with E-state index in [-0.39, 0.29) is 113 Å². The van der Waals surface area contributed by atoms with E-state index in [9.17, 15) is 33.9 Å². The number of benzene rings is 1. The van der Waals surface area contributed by atoms with Crippen molar-refractivity contribution in [2.24, 2.45) is 5.92 Å². The molecule has 0 aliphatic carbocycles. The number of carbonyl (C=O) groups excluding carboxylic acids is 5. The first kappa shape index (κ1) is 60.3. The van der Waals surface area contributed by atoms with Crippen LogP contribution in [-0.2, 0) is 71.4 Å². The third kappa shape index (κ3) is 14.4. The molecule has 1 radical (unpaired) electrons. The van der Waals surface area contributed by atoms with Crippen LogP contribution in [0.15, 0.2) is 46.7 Å². The van der Waals surface area contributed by atoms with Crippen molar-refractivity contribution in [3.05, 3.63) is 69.4 Å². The van der Waals surface area contributed by atoms with Gasteiger partial charge in [-0.05, 0) is 76.2 Å². The summed E-state index contributed by atoms with van der Waals surface area (Å²) in [6.07, 6.45) is 8.99. The number of amides is 4. The summed E-state index contributed by atoms with van der Waals surface area (Å²) >= 11 is 4.95. The van der Waals surface area contributed by atoms with E-state index in [1.807, 2.05) is 13.8 Å². The Morgan fingerprint density at radius 2 is 1.68 bits per heavy atom. The van der Waals surface area contributed by atoms with E-state index in [1.165, 1.54) is 4.57 Å². The Balaban J connectivity index is 0.00000903. The van der Waals surface area contributed by atoms with Crippen LogP contribution in [0.1, 0.15) is 108 Å². The average Bonchev–Trinajstić information content (AvgIpc) is 4.23. The molecule has 25 heteroatoms. The molecule has 3 aliphatic rings. The SMILES string of the molecule is CCN(CC)CCCC[C@H](NC(=O)[C@@H](NC(=O)CCCCCn1cc(-c2cnc([S-])nc2)nn1)C(C)C)C(=O)NCC(=O)NCOCC#Cc1c2c(nc3cc4c(cc13)OCO4)-c1cc3c(c(=O)n1C2)COC(=O)[C@]3(O)CC.[Tb]. The normalized spacial score (nSPS) is 15.5. The van der Waals surface area contributed by atoms with Crippen LogP contribution in [0.3, 0.4) is 0 Å². The molecule has 0 bridgehead atoms. The summed E-state index contributed by atoms with van der Waals surface area (Å²) in [5.74, 6) is 4.19. The van der Waals surface area contributed by atoms with E-state index in [0.717, 1.165) is 38.9 Å². The molecule has 0 saturated carbocycles. The number of rotatable bonds is 25. The number of aryl methyl sites for hydroxylation is 1. The van der Waals surface area contributed by atoms with Gasteiger partial charge in [0.15, 0.2) is 17.1 Å². The first-order valence-electron chi connectivity index (χ1n) is 26.4. The standard InChI is InChI=1S/C54H66N12O11S.Tb/c1-6-54(73)38-22-42-48-36(27-66(42)51(71)37(38)29-75-52(54)72)34(35-21-43-44(77-31-76-43)23-40(35)59-48)15-14-20-74-30-58-46(68)26-55-49(69)39(16-11-13-18-64(7-2)8-3)60-50(70)47(32(4)5)61-45(67)17-10-9-12-19-65-28-41(62-63-65)33-24-56-53(78)57-25-33;/h21-25,28,32,39,47,73H,6-13,16-20,26-27,29-31H2,1-5H3,(H,55,69)(H,58,68)(H,60,70)(H,61,67)(H,56,57,78);/p-1/t39-,47-,54-;/m0./s1. The van der Waals surface area contributed by atoms with Gasteiger partial charge in [0.25, 0.3) is 5.56 Å². The summed E-state index contributed by atoms with van der Waals surface area (Å²) < 4.78 is 25.4. The minimum Gasteiger partial charge on any atom is -0.740 e. The monoisotopic (exact) mass is 1250 g/mol. The number of hydrogen-bond acceptors (Lipinski definition) is 18. The van der Waals surface area contributed by atoms with Gasteiger partial charge in [-0.15, -0.1) is 5.10 Å². The minimum absolute atomic E-state index is 0. The number of aromatic nitrogens is 7. The molecule has 0 unspecified atom stereocenters. The molecular formula is C54H65N12O11STb-. The number of aliphatic hydroxyl groups is 1. The fraction of sp³-hybridized carbons (Fsp3) is 0.500. The number of unbranched alkanes of at least 4 members (excludes halogenated alkanes) is 3. The molecule has 4 amide bonds. The summed E-state index contributed by atoms with van der Waals surface area (Å²) in [6.45, 7) is 11.7. The third-order valence-corrected chi connectivity index (χ3v) is 14.3. The van der Waals surface area contributed by atoms with Gasteiger partial charge < -0.3 is 67.4 Å². The predicted octanol–water partition coefficient (Wildman–Crippen LogP) is 2.72. The fourth-order valence-corrected chi connectivity index (χ4v) is 9.69. The molecular weight excluding hydrogens is 1180 g/mol. The van der Waals surface area contributed by atoms with Crippen LogP contribution in [0.2, 0.25) is 0 Å². The molecule has 4 aromatic heterocycles. The first-order valence-corrected chi connectivity index (χ1v) is 26.8. The number of hydrogen-bond donors (Lipinski definition) is 5. The quantitative estimate of drug-likeness (QED) is 0.0138. The van der Waals surface area contributed by atoms with E-state index in [4.69, 9.17) is 36.6 Å². The van der Waals surface area contributed by atoms with Crippen molar-refractivity contribution in [3.8, 4) is 46.0 Å². The van der Waals surface area contributed by atoms with Gasteiger partial charge in [-0.25, -0.2) is 9.78 Å². The maximum atomic E-state index is 13.9. The van der Waals surface area contributed by atoms with Gasteiger partial charge in [-0.3, -0.25) is 38.6 Å². The summed E-state index contributed by atoms with van der Waals surface area (Å²) in [6, 6.07) is 3.25. The minimum atomic E-state index is -1.99. The van der Waals surface area contributed by atoms with Crippen LogP contribution < -0.4 is 36.3 Å². The zero-order valence-electron chi connectivity index (χ0n) is 44.8. The van der Waals surface area contributed by atoms with Crippen LogP contribution in [0.4, 0.5) is 0 Å². The number of carbonyl (C=O) groups is 5. The Labute approximate surface area is 493 Å². The Hall–Kier alpha value is -6.30. The second-order valence-corrected chi connectivity index (χ2v) is 19.9. The number of ether oxygens (including phenoxy) is 4. The average molecular weight is 1250 g/mol. The molecule has 3 atom stereocenters. The Bertz CT molecular complexity index is 3180. The Morgan fingerprint density at radius 3 is 2.42 bits per heavy atom. The second kappa shape index (κ2) is 27.7. The van der Waals surface area contributed by atoms with Gasteiger partial charge in [-0.2, -0.15) is 0 Å². The van der Waals surface area contributed by atoms with Gasteiger partial charge in [0.2, 0.25) is 30.4 Å². The van der Waals surface area contributed by atoms with E-state index >= 15 is 0 Å². The van der Waals surface area contributed by atoms with Gasteiger partial charge in [-0.1, -0.05) is 58.1 Å². The van der Waals surface area contributed by atoms with Crippen LogP contribution in [-0.4, -0.2) is 133 Å². The van der Waals surface area contributed by atoms with Crippen molar-refractivity contribution < 1.29 is 86.6 Å². The fourth-order valence-electron chi connectivity index (χ4n) is 9.58. The summed E-state index contributed by atoms with van der Waals surface area (Å²) in [4.78, 5) is 95.5. The van der Waals surface area contributed by atoms with E-state index in [1.54, 1.807) is 48.4 Å². The van der Waals surface area contributed by atoms with Crippen molar-refractivity contribution in [1.82, 2.24) is 60.7 Å². The molecule has 423 valence electrons. The zero-order chi connectivity index (χ0) is 55.5. The summed E-state index contributed by atoms with van der Waals surface area (Å²) in [7, 11) is 0. The van der Waals surface area contributed by atoms with Crippen LogP contribution in [0, 0.1) is 56.4 Å². The molecule has 7 heterocycles. The van der Waals surface area contributed by atoms with Gasteiger partial charge in [0, 0.05) is 103 Å². The van der Waals surface area contributed by atoms with Crippen LogP contribution in [0.5, 0.6) is 11.5 Å². The van der Waals surface area contributed by atoms with Crippen molar-refractivity contribution in [2.75, 3.05) is 46.3 Å². The van der Waals surface area contributed by atoms with E-state index in [0.29, 0.717) is 82.0 Å². The molecule has 1 aromatic carbocycles. The number of pyridine rings is 2. The van der Waals surface area contributed by atoms with Gasteiger partial charge >= 0.3 is 5.97 Å². The number of esters is 1. The Morgan fingerprint density at radius 1 is 0.924 bits per heavy atom. The smallest absolute Gasteiger partial charge is 0.343 e.